The molecule has 2 heterocycles. The number of thiophene rings is 1. The summed E-state index contributed by atoms with van der Waals surface area (Å²) in [5.41, 5.74) is 4.27. The van der Waals surface area contributed by atoms with E-state index >= 15 is 0 Å². The summed E-state index contributed by atoms with van der Waals surface area (Å²) in [5, 5.41) is 26.2. The minimum Gasteiger partial charge on any atom is -0.386 e. The number of hydrogen-bond donors (Lipinski definition) is 1. The van der Waals surface area contributed by atoms with Gasteiger partial charge in [0.25, 0.3) is 0 Å². The van der Waals surface area contributed by atoms with Crippen molar-refractivity contribution in [1.82, 2.24) is 0 Å². The van der Waals surface area contributed by atoms with Crippen LogP contribution in [0.1, 0.15) is 84.6 Å². The predicted octanol–water partition coefficient (Wildman–Crippen LogP) is 7.56. The van der Waals surface area contributed by atoms with E-state index in [4.69, 9.17) is 0 Å². The van der Waals surface area contributed by atoms with Gasteiger partial charge in [0.2, 0.25) is 6.17 Å². The Balaban J connectivity index is 1.93. The van der Waals surface area contributed by atoms with Crippen molar-refractivity contribution in [3.63, 3.8) is 0 Å². The summed E-state index contributed by atoms with van der Waals surface area (Å²) in [7, 11) is 0. The van der Waals surface area contributed by atoms with Gasteiger partial charge in [-0.05, 0) is 84.7 Å². The van der Waals surface area contributed by atoms with Crippen molar-refractivity contribution in [2.75, 3.05) is 0 Å². The van der Waals surface area contributed by atoms with Crippen molar-refractivity contribution in [3.8, 4) is 0 Å². The first-order valence-corrected chi connectivity index (χ1v) is 12.0. The molecule has 5 nitrogen and oxygen atoms in total. The summed E-state index contributed by atoms with van der Waals surface area (Å²) >= 11 is 1.79. The average molecular weight is 439 g/mol. The van der Waals surface area contributed by atoms with Crippen LogP contribution in [-0.4, -0.2) is 10.7 Å². The molecule has 2 aromatic rings. The minimum absolute atomic E-state index is 0.0465. The van der Waals surface area contributed by atoms with E-state index < -0.39 is 5.60 Å². The fourth-order valence-electron chi connectivity index (χ4n) is 4.46. The first kappa shape index (κ1) is 23.5. The quantitative estimate of drug-likeness (QED) is 0.382. The summed E-state index contributed by atoms with van der Waals surface area (Å²) in [4.78, 5) is 2.48. The van der Waals surface area contributed by atoms with Crippen LogP contribution < -0.4 is 0 Å². The van der Waals surface area contributed by atoms with Crippen LogP contribution in [0.15, 0.2) is 57.6 Å². The Morgan fingerprint density at radius 2 is 1.71 bits per heavy atom. The zero-order chi connectivity index (χ0) is 22.6. The maximum Gasteiger partial charge on any atom is 0.219 e. The van der Waals surface area contributed by atoms with E-state index in [9.17, 15) is 5.11 Å². The molecule has 0 fully saturated rings. The van der Waals surface area contributed by atoms with Gasteiger partial charge in [0.05, 0.1) is 10.5 Å². The lowest BCUT2D eigenvalue weighted by molar-refractivity contribution is 0.0781. The Kier molecular flexibility index (Phi) is 7.22. The molecule has 0 bridgehead atoms. The molecule has 0 amide bonds. The van der Waals surface area contributed by atoms with Crippen LogP contribution in [0.4, 0.5) is 0 Å². The molecule has 0 radical (unpaired) electrons. The fourth-order valence-corrected chi connectivity index (χ4v) is 5.95. The van der Waals surface area contributed by atoms with Crippen LogP contribution in [-0.2, 0) is 11.8 Å². The van der Waals surface area contributed by atoms with Gasteiger partial charge in [0.15, 0.2) is 0 Å². The van der Waals surface area contributed by atoms with Gasteiger partial charge >= 0.3 is 0 Å². The number of nitrogens with zero attached hydrogens (tertiary/aromatic N) is 4. The molecule has 31 heavy (non-hydrogen) atoms. The SMILES string of the molecule is C=CC(O)(CC)CCc1ccc(C(CC)(CC)c2cc(C)c(C3N=NN=N3)s2)cc1C. The van der Waals surface area contributed by atoms with E-state index in [2.05, 4.69) is 79.2 Å². The lowest BCUT2D eigenvalue weighted by Gasteiger charge is -2.32. The average Bonchev–Trinajstić information content (AvgIpc) is 3.44. The predicted molar refractivity (Wildman–Crippen MR) is 128 cm³/mol. The highest BCUT2D eigenvalue weighted by atomic mass is 32.1. The standard InChI is InChI=1S/C25H34N4OS/c1-7-24(30,8-2)14-13-19-11-12-20(15-17(19)5)25(9-3,10-4)21-16-18(6)22(31-21)23-26-28-29-27-23/h7,11-12,15-16,23,30H,1,8-10,13-14H2,2-6H3. The summed E-state index contributed by atoms with van der Waals surface area (Å²) < 4.78 is 0. The number of hydrogen-bond acceptors (Lipinski definition) is 6. The van der Waals surface area contributed by atoms with Gasteiger partial charge in [-0.2, -0.15) is 0 Å². The highest BCUT2D eigenvalue weighted by molar-refractivity contribution is 7.12. The van der Waals surface area contributed by atoms with E-state index in [-0.39, 0.29) is 11.6 Å². The summed E-state index contributed by atoms with van der Waals surface area (Å²) in [5.74, 6) is 0. The maximum absolute atomic E-state index is 10.6. The van der Waals surface area contributed by atoms with Gasteiger partial charge in [-0.1, -0.05) is 45.0 Å². The number of aliphatic hydroxyl groups is 1. The smallest absolute Gasteiger partial charge is 0.219 e. The second kappa shape index (κ2) is 9.53. The van der Waals surface area contributed by atoms with Crippen molar-refractivity contribution in [1.29, 1.82) is 0 Å². The van der Waals surface area contributed by atoms with E-state index in [1.54, 1.807) is 17.4 Å². The molecule has 6 heteroatoms. The second-order valence-corrected chi connectivity index (χ2v) is 9.62. The summed E-state index contributed by atoms with van der Waals surface area (Å²) in [6, 6.07) is 9.15. The highest BCUT2D eigenvalue weighted by Crippen LogP contribution is 2.46. The molecular formula is C25H34N4OS. The largest absolute Gasteiger partial charge is 0.386 e. The summed E-state index contributed by atoms with van der Waals surface area (Å²) in [6.45, 7) is 14.6. The van der Waals surface area contributed by atoms with Crippen LogP contribution in [0.2, 0.25) is 0 Å². The molecule has 1 aromatic carbocycles. The Hall–Kier alpha value is -2.18. The Morgan fingerprint density at radius 1 is 1.03 bits per heavy atom. The minimum atomic E-state index is -0.790. The van der Waals surface area contributed by atoms with Crippen LogP contribution >= 0.6 is 11.3 Å². The molecule has 1 aromatic heterocycles. The zero-order valence-corrected chi connectivity index (χ0v) is 20.2. The fraction of sp³-hybridized carbons (Fsp3) is 0.520. The summed E-state index contributed by atoms with van der Waals surface area (Å²) in [6.07, 6.45) is 5.63. The molecule has 1 aliphatic rings. The molecule has 1 unspecified atom stereocenters. The van der Waals surface area contributed by atoms with Crippen molar-refractivity contribution >= 4 is 11.3 Å². The highest BCUT2D eigenvalue weighted by Gasteiger charge is 2.34. The monoisotopic (exact) mass is 438 g/mol. The third-order valence-electron chi connectivity index (χ3n) is 6.95. The molecular weight excluding hydrogens is 404 g/mol. The molecule has 0 spiro atoms. The van der Waals surface area contributed by atoms with E-state index in [0.717, 1.165) is 24.1 Å². The van der Waals surface area contributed by atoms with Gasteiger partial charge in [-0.15, -0.1) is 28.1 Å². The van der Waals surface area contributed by atoms with E-state index in [0.29, 0.717) is 12.8 Å². The van der Waals surface area contributed by atoms with Crippen LogP contribution in [0.25, 0.3) is 0 Å². The number of rotatable bonds is 10. The molecule has 1 atom stereocenters. The Bertz CT molecular complexity index is 977. The van der Waals surface area contributed by atoms with Crippen molar-refractivity contribution in [2.45, 2.75) is 83.9 Å². The third-order valence-corrected chi connectivity index (χ3v) is 8.43. The van der Waals surface area contributed by atoms with Gasteiger partial charge in [-0.25, -0.2) is 0 Å². The number of aryl methyl sites for hydroxylation is 3. The van der Waals surface area contributed by atoms with Gasteiger partial charge in [-0.3, -0.25) is 0 Å². The van der Waals surface area contributed by atoms with Gasteiger partial charge in [0, 0.05) is 10.3 Å². The zero-order valence-electron chi connectivity index (χ0n) is 19.4. The van der Waals surface area contributed by atoms with Crippen LogP contribution in [0.5, 0.6) is 0 Å². The Morgan fingerprint density at radius 3 is 2.26 bits per heavy atom. The van der Waals surface area contributed by atoms with Gasteiger partial charge in [0.1, 0.15) is 0 Å². The lowest BCUT2D eigenvalue weighted by Crippen LogP contribution is -2.26. The third kappa shape index (κ3) is 4.55. The van der Waals surface area contributed by atoms with Crippen molar-refractivity contribution < 1.29 is 5.11 Å². The first-order valence-electron chi connectivity index (χ1n) is 11.2. The van der Waals surface area contributed by atoms with E-state index in [1.165, 1.54) is 27.1 Å². The van der Waals surface area contributed by atoms with Crippen molar-refractivity contribution in [2.24, 2.45) is 20.7 Å². The Labute approximate surface area is 190 Å². The topological polar surface area (TPSA) is 69.7 Å². The van der Waals surface area contributed by atoms with Crippen molar-refractivity contribution in [3.05, 3.63) is 68.9 Å². The molecule has 1 N–H and O–H groups in total. The van der Waals surface area contributed by atoms with Crippen LogP contribution in [0.3, 0.4) is 0 Å². The lowest BCUT2D eigenvalue weighted by atomic mass is 9.73. The molecule has 0 saturated heterocycles. The molecule has 3 rings (SSSR count). The van der Waals surface area contributed by atoms with Crippen LogP contribution in [0, 0.1) is 13.8 Å². The molecule has 0 saturated carbocycles. The van der Waals surface area contributed by atoms with E-state index in [1.807, 2.05) is 6.92 Å². The second-order valence-electron chi connectivity index (χ2n) is 8.53. The number of benzene rings is 1. The molecule has 1 aliphatic heterocycles. The van der Waals surface area contributed by atoms with Gasteiger partial charge < -0.3 is 5.11 Å². The normalized spacial score (nSPS) is 16.1. The first-order chi connectivity index (χ1) is 14.8. The molecule has 0 aliphatic carbocycles. The maximum atomic E-state index is 10.6. The molecule has 166 valence electrons.